The molecule has 1 radical (unpaired) electrons. The second kappa shape index (κ2) is 7.80. The van der Waals surface area contributed by atoms with Crippen molar-refractivity contribution in [1.29, 1.82) is 0 Å². The van der Waals surface area contributed by atoms with E-state index in [0.29, 0.717) is 21.7 Å². The Hall–Kier alpha value is 0. The van der Waals surface area contributed by atoms with Crippen molar-refractivity contribution in [1.82, 2.24) is 0 Å². The molecule has 8 atom stereocenters. The average Bonchev–Trinajstić information content (AvgIpc) is 2.92. The molecule has 4 aliphatic rings. The Morgan fingerprint density at radius 3 is 2.17 bits per heavy atom. The molecule has 0 aliphatic heterocycles. The molecule has 4 saturated carbocycles. The first-order valence-electron chi connectivity index (χ1n) is 13.8. The highest BCUT2D eigenvalue weighted by atomic mass is 14.7. The molecule has 4 fully saturated rings. The summed E-state index contributed by atoms with van der Waals surface area (Å²) in [5.41, 5.74) is 2.21. The Morgan fingerprint density at radius 2 is 1.47 bits per heavy atom. The van der Waals surface area contributed by atoms with E-state index in [1.54, 1.807) is 0 Å². The molecule has 173 valence electrons. The minimum atomic E-state index is 0.447. The molecule has 0 aromatic rings. The van der Waals surface area contributed by atoms with Gasteiger partial charge in [-0.1, -0.05) is 74.7 Å². The molecule has 0 heteroatoms. The lowest BCUT2D eigenvalue weighted by molar-refractivity contribution is -0.171. The first-order chi connectivity index (χ1) is 14.0. The van der Waals surface area contributed by atoms with Gasteiger partial charge in [-0.3, -0.25) is 0 Å². The summed E-state index contributed by atoms with van der Waals surface area (Å²) in [4.78, 5) is 0. The normalized spacial score (nSPS) is 48.7. The summed E-state index contributed by atoms with van der Waals surface area (Å²) < 4.78 is 0. The molecule has 0 spiro atoms. The van der Waals surface area contributed by atoms with Crippen LogP contribution in [0.1, 0.15) is 126 Å². The van der Waals surface area contributed by atoms with Gasteiger partial charge in [-0.2, -0.15) is 0 Å². The van der Waals surface area contributed by atoms with E-state index in [0.717, 1.165) is 35.5 Å². The van der Waals surface area contributed by atoms with Crippen LogP contribution in [0.2, 0.25) is 0 Å². The number of rotatable bonds is 5. The van der Waals surface area contributed by atoms with Crippen molar-refractivity contribution in [2.75, 3.05) is 0 Å². The fourth-order valence-corrected chi connectivity index (χ4v) is 10.3. The summed E-state index contributed by atoms with van der Waals surface area (Å²) in [5, 5.41) is 0. The summed E-state index contributed by atoms with van der Waals surface area (Å²) in [5.74, 6) is 5.64. The number of hydrogen-bond donors (Lipinski definition) is 0. The Morgan fingerprint density at radius 1 is 0.767 bits per heavy atom. The van der Waals surface area contributed by atoms with Crippen molar-refractivity contribution in [3.8, 4) is 0 Å². The third-order valence-corrected chi connectivity index (χ3v) is 12.2. The van der Waals surface area contributed by atoms with Crippen LogP contribution in [0, 0.1) is 63.6 Å². The predicted molar refractivity (Wildman–Crippen MR) is 131 cm³/mol. The molecule has 4 aliphatic carbocycles. The molecule has 0 aromatic heterocycles. The van der Waals surface area contributed by atoms with Gasteiger partial charge in [-0.25, -0.2) is 0 Å². The summed E-state index contributed by atoms with van der Waals surface area (Å²) in [6, 6.07) is 0. The maximum atomic E-state index is 2.77. The van der Waals surface area contributed by atoms with Crippen LogP contribution < -0.4 is 0 Å². The van der Waals surface area contributed by atoms with E-state index >= 15 is 0 Å². The van der Waals surface area contributed by atoms with Gasteiger partial charge in [0.1, 0.15) is 0 Å². The maximum Gasteiger partial charge on any atom is -0.0238 e. The third kappa shape index (κ3) is 3.36. The molecule has 0 saturated heterocycles. The van der Waals surface area contributed by atoms with E-state index in [2.05, 4.69) is 61.8 Å². The van der Waals surface area contributed by atoms with Crippen molar-refractivity contribution in [3.05, 3.63) is 6.42 Å². The number of hydrogen-bond acceptors (Lipinski definition) is 0. The fraction of sp³-hybridized carbons (Fsp3) is 0.967. The van der Waals surface area contributed by atoms with E-state index in [-0.39, 0.29) is 0 Å². The van der Waals surface area contributed by atoms with Gasteiger partial charge in [-0.15, -0.1) is 0 Å². The second-order valence-corrected chi connectivity index (χ2v) is 14.2. The quantitative estimate of drug-likeness (QED) is 0.421. The second-order valence-electron chi connectivity index (χ2n) is 14.2. The number of fused-ring (bicyclic) bond motifs is 5. The van der Waals surface area contributed by atoms with Crippen LogP contribution in [-0.4, -0.2) is 0 Å². The van der Waals surface area contributed by atoms with Gasteiger partial charge >= 0.3 is 0 Å². The van der Waals surface area contributed by atoms with Gasteiger partial charge in [0.15, 0.2) is 0 Å². The maximum absolute atomic E-state index is 2.77. The van der Waals surface area contributed by atoms with Crippen LogP contribution >= 0.6 is 0 Å². The smallest absolute Gasteiger partial charge is 0.0238 e. The molecule has 0 unspecified atom stereocenters. The predicted octanol–water partition coefficient (Wildman–Crippen LogP) is 9.34. The SMILES string of the molecule is CC(C)CCC[C@@H](C)[C@H]1CC[C@@]2(C)[C@@H]3CC[C@H]4C(C)(C)[CH]CC[C@]4(C)[C@H]3CC[C@]12C. The molecule has 0 bridgehead atoms. The Labute approximate surface area is 189 Å². The van der Waals surface area contributed by atoms with Gasteiger partial charge < -0.3 is 0 Å². The summed E-state index contributed by atoms with van der Waals surface area (Å²) in [6.45, 7) is 20.8. The van der Waals surface area contributed by atoms with E-state index < -0.39 is 0 Å². The Kier molecular flexibility index (Phi) is 6.02. The van der Waals surface area contributed by atoms with E-state index in [1.165, 1.54) is 70.6 Å². The first kappa shape index (κ1) is 23.2. The van der Waals surface area contributed by atoms with E-state index in [1.807, 2.05) is 0 Å². The molecular formula is C30H53. The molecule has 30 heavy (non-hydrogen) atoms. The van der Waals surface area contributed by atoms with Gasteiger partial charge in [-0.05, 0) is 115 Å². The van der Waals surface area contributed by atoms with Crippen LogP contribution in [-0.2, 0) is 0 Å². The van der Waals surface area contributed by atoms with Gasteiger partial charge in [0, 0.05) is 0 Å². The zero-order valence-corrected chi connectivity index (χ0v) is 21.8. The summed E-state index contributed by atoms with van der Waals surface area (Å²) in [7, 11) is 0. The van der Waals surface area contributed by atoms with Crippen LogP contribution in [0.5, 0.6) is 0 Å². The third-order valence-electron chi connectivity index (χ3n) is 12.2. The molecule has 0 nitrogen and oxygen atoms in total. The molecule has 0 N–H and O–H groups in total. The minimum Gasteiger partial charge on any atom is -0.0628 e. The van der Waals surface area contributed by atoms with Crippen molar-refractivity contribution >= 4 is 0 Å². The van der Waals surface area contributed by atoms with Crippen LogP contribution in [0.25, 0.3) is 0 Å². The minimum absolute atomic E-state index is 0.447. The first-order valence-corrected chi connectivity index (χ1v) is 13.8. The topological polar surface area (TPSA) is 0 Å². The average molecular weight is 414 g/mol. The highest BCUT2D eigenvalue weighted by Crippen LogP contribution is 2.74. The summed E-state index contributed by atoms with van der Waals surface area (Å²) >= 11 is 0. The van der Waals surface area contributed by atoms with Crippen molar-refractivity contribution < 1.29 is 0 Å². The highest BCUT2D eigenvalue weighted by Gasteiger charge is 2.66. The van der Waals surface area contributed by atoms with E-state index in [4.69, 9.17) is 0 Å². The van der Waals surface area contributed by atoms with Crippen molar-refractivity contribution in [2.45, 2.75) is 126 Å². The van der Waals surface area contributed by atoms with Crippen LogP contribution in [0.4, 0.5) is 0 Å². The standard InChI is InChI=1S/C30H53/c1-21(2)11-9-12-22(3)23-15-19-30(8)25-13-14-26-27(4,5)17-10-18-28(26,6)24(25)16-20-29(23,30)7/h17,21-26H,9-16,18-20H2,1-8H3/t22-,23-,24+,25-,26+,28-,29-,30+/m1/s1. The molecule has 0 heterocycles. The molecule has 4 rings (SSSR count). The van der Waals surface area contributed by atoms with Gasteiger partial charge in [0.05, 0.1) is 0 Å². The van der Waals surface area contributed by atoms with Gasteiger partial charge in [0.25, 0.3) is 0 Å². The largest absolute Gasteiger partial charge is 0.0628 e. The molecule has 0 amide bonds. The lowest BCUT2D eigenvalue weighted by atomic mass is 9.38. The van der Waals surface area contributed by atoms with Crippen LogP contribution in [0.3, 0.4) is 0 Å². The zero-order chi connectivity index (χ0) is 21.9. The highest BCUT2D eigenvalue weighted by molar-refractivity contribution is 5.17. The monoisotopic (exact) mass is 413 g/mol. The lowest BCUT2D eigenvalue weighted by Crippen LogP contribution is -2.59. The summed E-state index contributed by atoms with van der Waals surface area (Å²) in [6.07, 6.45) is 18.9. The zero-order valence-electron chi connectivity index (χ0n) is 21.8. The molecular weight excluding hydrogens is 360 g/mol. The van der Waals surface area contributed by atoms with Crippen molar-refractivity contribution in [2.24, 2.45) is 57.2 Å². The lowest BCUT2D eigenvalue weighted by Gasteiger charge is -2.67. The molecule has 0 aromatic carbocycles. The van der Waals surface area contributed by atoms with E-state index in [9.17, 15) is 0 Å². The Bertz CT molecular complexity index is 616. The van der Waals surface area contributed by atoms with Crippen LogP contribution in [0.15, 0.2) is 0 Å². The Balaban J connectivity index is 1.55. The fourth-order valence-electron chi connectivity index (χ4n) is 10.3. The van der Waals surface area contributed by atoms with Gasteiger partial charge in [0.2, 0.25) is 0 Å². The van der Waals surface area contributed by atoms with Crippen molar-refractivity contribution in [3.63, 3.8) is 0 Å².